The van der Waals surface area contributed by atoms with Gasteiger partial charge in [-0.3, -0.25) is 4.79 Å². The molecule has 0 aliphatic carbocycles. The Hall–Kier alpha value is -2.41. The Morgan fingerprint density at radius 1 is 1.47 bits per heavy atom. The highest BCUT2D eigenvalue weighted by atomic mass is 16.1. The van der Waals surface area contributed by atoms with E-state index in [4.69, 9.17) is 5.26 Å². The van der Waals surface area contributed by atoms with E-state index in [-0.39, 0.29) is 5.78 Å². The number of imidazole rings is 1. The van der Waals surface area contributed by atoms with Crippen LogP contribution < -0.4 is 0 Å². The molecule has 0 aliphatic rings. The van der Waals surface area contributed by atoms with Crippen LogP contribution in [0.1, 0.15) is 42.0 Å². The number of carbonyl (C=O) groups is 1. The largest absolute Gasteiger partial charge is 0.303 e. The van der Waals surface area contributed by atoms with Crippen molar-refractivity contribution in [1.29, 1.82) is 5.26 Å². The number of benzene rings is 1. The number of hydrogen-bond donors (Lipinski definition) is 0. The summed E-state index contributed by atoms with van der Waals surface area (Å²) in [6, 6.07) is 7.20. The van der Waals surface area contributed by atoms with Gasteiger partial charge in [0.1, 0.15) is 5.82 Å². The predicted octanol–water partition coefficient (Wildman–Crippen LogP) is 2.90. The van der Waals surface area contributed by atoms with Gasteiger partial charge in [0.05, 0.1) is 17.3 Å². The molecule has 1 aromatic heterocycles. The minimum Gasteiger partial charge on any atom is -0.303 e. The molecule has 0 amide bonds. The Morgan fingerprint density at radius 3 is 2.89 bits per heavy atom. The fourth-order valence-corrected chi connectivity index (χ4v) is 2.06. The van der Waals surface area contributed by atoms with Crippen molar-refractivity contribution in [3.63, 3.8) is 0 Å². The van der Waals surface area contributed by atoms with Gasteiger partial charge in [-0.2, -0.15) is 5.26 Å². The molecule has 1 aromatic carbocycles. The van der Waals surface area contributed by atoms with Gasteiger partial charge in [-0.15, -0.1) is 0 Å². The van der Waals surface area contributed by atoms with Crippen LogP contribution in [-0.2, 0) is 6.42 Å². The summed E-state index contributed by atoms with van der Waals surface area (Å²) in [5, 5.41) is 9.00. The molecule has 0 spiro atoms. The molecule has 0 bridgehead atoms. The summed E-state index contributed by atoms with van der Waals surface area (Å²) in [5.74, 6) is 0.885. The van der Waals surface area contributed by atoms with Crippen molar-refractivity contribution in [1.82, 2.24) is 9.55 Å². The topological polar surface area (TPSA) is 58.7 Å². The minimum absolute atomic E-state index is 0.0179. The van der Waals surface area contributed by atoms with Crippen LogP contribution in [0, 0.1) is 11.3 Å². The first kappa shape index (κ1) is 13.0. The van der Waals surface area contributed by atoms with E-state index in [2.05, 4.69) is 18.0 Å². The van der Waals surface area contributed by atoms with Crippen LogP contribution in [0.25, 0.3) is 5.69 Å². The Balaban J connectivity index is 2.62. The van der Waals surface area contributed by atoms with E-state index in [9.17, 15) is 4.79 Å². The second-order valence-corrected chi connectivity index (χ2v) is 4.36. The van der Waals surface area contributed by atoms with Crippen molar-refractivity contribution in [2.75, 3.05) is 0 Å². The van der Waals surface area contributed by atoms with Crippen molar-refractivity contribution in [3.05, 3.63) is 47.5 Å². The molecule has 0 atom stereocenters. The molecular weight excluding hydrogens is 238 g/mol. The first-order valence-electron chi connectivity index (χ1n) is 6.25. The summed E-state index contributed by atoms with van der Waals surface area (Å²) in [4.78, 5) is 16.0. The molecule has 2 aromatic rings. The molecule has 96 valence electrons. The molecule has 0 unspecified atom stereocenters. The first-order chi connectivity index (χ1) is 9.17. The average molecular weight is 253 g/mol. The highest BCUT2D eigenvalue weighted by Gasteiger charge is 2.12. The van der Waals surface area contributed by atoms with Crippen molar-refractivity contribution in [3.8, 4) is 11.8 Å². The molecule has 4 nitrogen and oxygen atoms in total. The Labute approximate surface area is 112 Å². The summed E-state index contributed by atoms with van der Waals surface area (Å²) >= 11 is 0. The van der Waals surface area contributed by atoms with Crippen LogP contribution >= 0.6 is 0 Å². The SMILES string of the molecule is CCCc1nccn1-c1cc(C#N)ccc1C(C)=O. The fraction of sp³-hybridized carbons (Fsp3) is 0.267. The number of hydrogen-bond acceptors (Lipinski definition) is 3. The molecule has 4 heteroatoms. The van der Waals surface area contributed by atoms with Gasteiger partial charge in [-0.1, -0.05) is 6.92 Å². The van der Waals surface area contributed by atoms with E-state index in [0.717, 1.165) is 24.4 Å². The molecule has 0 N–H and O–H groups in total. The predicted molar refractivity (Wildman–Crippen MR) is 72.3 cm³/mol. The Bertz CT molecular complexity index is 650. The number of Topliss-reactive ketones (excluding diaryl/α,β-unsaturated/α-hetero) is 1. The van der Waals surface area contributed by atoms with Crippen LogP contribution in [0.3, 0.4) is 0 Å². The van der Waals surface area contributed by atoms with Gasteiger partial charge >= 0.3 is 0 Å². The van der Waals surface area contributed by atoms with Crippen molar-refractivity contribution in [2.45, 2.75) is 26.7 Å². The molecule has 19 heavy (non-hydrogen) atoms. The van der Waals surface area contributed by atoms with E-state index in [1.54, 1.807) is 24.4 Å². The van der Waals surface area contributed by atoms with Crippen LogP contribution in [0.5, 0.6) is 0 Å². The smallest absolute Gasteiger partial charge is 0.161 e. The monoisotopic (exact) mass is 253 g/mol. The maximum Gasteiger partial charge on any atom is 0.161 e. The van der Waals surface area contributed by atoms with Crippen LogP contribution in [0.2, 0.25) is 0 Å². The van der Waals surface area contributed by atoms with Gasteiger partial charge in [0, 0.05) is 24.4 Å². The van der Waals surface area contributed by atoms with Crippen molar-refractivity contribution in [2.24, 2.45) is 0 Å². The standard InChI is InChI=1S/C15H15N3O/c1-3-4-15-17-7-8-18(15)14-9-12(10-16)5-6-13(14)11(2)19/h5-9H,3-4H2,1-2H3. The number of aryl methyl sites for hydroxylation is 1. The lowest BCUT2D eigenvalue weighted by Gasteiger charge is -2.11. The lowest BCUT2D eigenvalue weighted by molar-refractivity contribution is 0.101. The summed E-state index contributed by atoms with van der Waals surface area (Å²) in [6.45, 7) is 3.61. The molecule has 0 fully saturated rings. The van der Waals surface area contributed by atoms with Gasteiger partial charge in [-0.25, -0.2) is 4.98 Å². The summed E-state index contributed by atoms with van der Waals surface area (Å²) in [7, 11) is 0. The van der Waals surface area contributed by atoms with Crippen molar-refractivity contribution < 1.29 is 4.79 Å². The van der Waals surface area contributed by atoms with E-state index in [1.165, 1.54) is 6.92 Å². The zero-order chi connectivity index (χ0) is 13.8. The maximum absolute atomic E-state index is 11.7. The third kappa shape index (κ3) is 2.55. The number of nitrogens with zero attached hydrogens (tertiary/aromatic N) is 3. The normalized spacial score (nSPS) is 10.2. The number of carbonyl (C=O) groups excluding carboxylic acids is 1. The second-order valence-electron chi connectivity index (χ2n) is 4.36. The quantitative estimate of drug-likeness (QED) is 0.787. The van der Waals surface area contributed by atoms with Crippen LogP contribution in [0.15, 0.2) is 30.6 Å². The van der Waals surface area contributed by atoms with Gasteiger partial charge in [-0.05, 0) is 31.5 Å². The van der Waals surface area contributed by atoms with E-state index in [1.807, 2.05) is 10.8 Å². The van der Waals surface area contributed by atoms with Gasteiger partial charge in [0.2, 0.25) is 0 Å². The molecule has 2 rings (SSSR count). The summed E-state index contributed by atoms with van der Waals surface area (Å²) in [6.07, 6.45) is 5.35. The summed E-state index contributed by atoms with van der Waals surface area (Å²) < 4.78 is 1.89. The molecule has 0 radical (unpaired) electrons. The van der Waals surface area contributed by atoms with Gasteiger partial charge < -0.3 is 4.57 Å². The number of ketones is 1. The second kappa shape index (κ2) is 5.49. The molecule has 0 saturated carbocycles. The molecule has 1 heterocycles. The third-order valence-electron chi connectivity index (χ3n) is 2.96. The number of aromatic nitrogens is 2. The van der Waals surface area contributed by atoms with Gasteiger partial charge in [0.15, 0.2) is 5.78 Å². The zero-order valence-corrected chi connectivity index (χ0v) is 11.1. The van der Waals surface area contributed by atoms with E-state index in [0.29, 0.717) is 11.1 Å². The highest BCUT2D eigenvalue weighted by Crippen LogP contribution is 2.19. The first-order valence-corrected chi connectivity index (χ1v) is 6.25. The fourth-order valence-electron chi connectivity index (χ4n) is 2.06. The van der Waals surface area contributed by atoms with E-state index >= 15 is 0 Å². The summed E-state index contributed by atoms with van der Waals surface area (Å²) in [5.41, 5.74) is 1.87. The number of nitriles is 1. The highest BCUT2D eigenvalue weighted by molar-refractivity contribution is 5.97. The average Bonchev–Trinajstić information content (AvgIpc) is 2.86. The maximum atomic E-state index is 11.7. The van der Waals surface area contributed by atoms with Crippen molar-refractivity contribution >= 4 is 5.78 Å². The van der Waals surface area contributed by atoms with Crippen LogP contribution in [-0.4, -0.2) is 15.3 Å². The Kier molecular flexibility index (Phi) is 3.76. The van der Waals surface area contributed by atoms with Gasteiger partial charge in [0.25, 0.3) is 0 Å². The third-order valence-corrected chi connectivity index (χ3v) is 2.96. The molecule has 0 aliphatic heterocycles. The number of rotatable bonds is 4. The minimum atomic E-state index is -0.0179. The lowest BCUT2D eigenvalue weighted by Crippen LogP contribution is -2.07. The van der Waals surface area contributed by atoms with E-state index < -0.39 is 0 Å². The molecule has 0 saturated heterocycles. The lowest BCUT2D eigenvalue weighted by atomic mass is 10.1. The zero-order valence-electron chi connectivity index (χ0n) is 11.1. The Morgan fingerprint density at radius 2 is 2.26 bits per heavy atom. The van der Waals surface area contributed by atoms with Crippen LogP contribution in [0.4, 0.5) is 0 Å². The molecular formula is C15H15N3O.